The van der Waals surface area contributed by atoms with E-state index < -0.39 is 5.97 Å². The van der Waals surface area contributed by atoms with Crippen LogP contribution in [0, 0.1) is 0 Å². The number of thioether (sulfide) groups is 1. The number of fused-ring (bicyclic) bond motifs is 1. The second-order valence-electron chi connectivity index (χ2n) is 7.30. The van der Waals surface area contributed by atoms with Crippen LogP contribution in [0.3, 0.4) is 0 Å². The molecule has 0 radical (unpaired) electrons. The Balaban J connectivity index is 1.69. The minimum atomic E-state index is -0.413. The summed E-state index contributed by atoms with van der Waals surface area (Å²) in [5.41, 5.74) is 0.809. The molecule has 1 aliphatic rings. The number of hydrogen-bond acceptors (Lipinski definition) is 6. The molecule has 168 valence electrons. The van der Waals surface area contributed by atoms with Gasteiger partial charge in [0.05, 0.1) is 28.8 Å². The van der Waals surface area contributed by atoms with E-state index in [1.165, 1.54) is 36.6 Å². The number of benzene rings is 1. The van der Waals surface area contributed by atoms with Gasteiger partial charge in [0.1, 0.15) is 6.54 Å². The minimum Gasteiger partial charge on any atom is -0.468 e. The molecule has 2 amide bonds. The van der Waals surface area contributed by atoms with Crippen molar-refractivity contribution >= 4 is 67.0 Å². The highest BCUT2D eigenvalue weighted by Gasteiger charge is 2.25. The van der Waals surface area contributed by atoms with Gasteiger partial charge in [-0.2, -0.15) is 4.99 Å². The molecule has 1 saturated heterocycles. The number of rotatable bonds is 7. The van der Waals surface area contributed by atoms with Gasteiger partial charge in [0.2, 0.25) is 5.91 Å². The molecule has 1 aliphatic heterocycles. The molecule has 1 atom stereocenters. The smallest absolute Gasteiger partial charge is 0.325 e. The maximum atomic E-state index is 12.6. The Morgan fingerprint density at radius 2 is 2.10 bits per heavy atom. The first kappa shape index (κ1) is 24.0. The quantitative estimate of drug-likeness (QED) is 0.514. The Morgan fingerprint density at radius 3 is 2.84 bits per heavy atom. The zero-order chi connectivity index (χ0) is 22.4. The molecule has 0 spiro atoms. The van der Waals surface area contributed by atoms with Gasteiger partial charge in [-0.15, -0.1) is 11.8 Å². The predicted octanol–water partition coefficient (Wildman–Crippen LogP) is 3.59. The lowest BCUT2D eigenvalue weighted by molar-refractivity contribution is -0.141. The molecule has 1 unspecified atom stereocenters. The molecule has 2 aromatic rings. The highest BCUT2D eigenvalue weighted by atomic mass is 79.9. The Hall–Kier alpha value is -1.65. The van der Waals surface area contributed by atoms with Crippen LogP contribution < -0.4 is 4.80 Å². The molecule has 10 heteroatoms. The molecular weight excluding hydrogens is 502 g/mol. The summed E-state index contributed by atoms with van der Waals surface area (Å²) < 4.78 is 8.28. The first-order valence-corrected chi connectivity index (χ1v) is 13.0. The van der Waals surface area contributed by atoms with E-state index in [2.05, 4.69) is 27.8 Å². The molecule has 2 heterocycles. The summed E-state index contributed by atoms with van der Waals surface area (Å²) in [6, 6.07) is 5.99. The first-order valence-electron chi connectivity index (χ1n) is 10.2. The van der Waals surface area contributed by atoms with E-state index in [4.69, 9.17) is 4.74 Å². The van der Waals surface area contributed by atoms with E-state index in [9.17, 15) is 14.4 Å². The van der Waals surface area contributed by atoms with Crippen molar-refractivity contribution in [2.75, 3.05) is 25.2 Å². The SMILES string of the molecule is CCC1CCCCN1C(=O)CSCC(=O)N=c1sc2cc(Br)ccc2n1CC(=O)OC. The van der Waals surface area contributed by atoms with E-state index in [0.717, 1.165) is 40.5 Å². The maximum absolute atomic E-state index is 12.6. The van der Waals surface area contributed by atoms with E-state index in [1.807, 2.05) is 23.1 Å². The Bertz CT molecular complexity index is 1030. The highest BCUT2D eigenvalue weighted by Crippen LogP contribution is 2.23. The van der Waals surface area contributed by atoms with Crippen molar-refractivity contribution in [1.29, 1.82) is 0 Å². The Morgan fingerprint density at radius 1 is 1.29 bits per heavy atom. The number of thiazole rings is 1. The minimum absolute atomic E-state index is 0.0246. The van der Waals surface area contributed by atoms with Crippen molar-refractivity contribution in [3.8, 4) is 0 Å². The number of esters is 1. The molecule has 0 N–H and O–H groups in total. The number of amides is 2. The van der Waals surface area contributed by atoms with Crippen LogP contribution in [0.15, 0.2) is 27.7 Å². The van der Waals surface area contributed by atoms with Gasteiger partial charge in [0.25, 0.3) is 5.91 Å². The van der Waals surface area contributed by atoms with Crippen LogP contribution in [0.5, 0.6) is 0 Å². The van der Waals surface area contributed by atoms with Crippen molar-refractivity contribution in [2.45, 2.75) is 45.2 Å². The van der Waals surface area contributed by atoms with Crippen LogP contribution in [-0.2, 0) is 25.7 Å². The normalized spacial score (nSPS) is 17.2. The Kier molecular flexibility index (Phi) is 8.74. The summed E-state index contributed by atoms with van der Waals surface area (Å²) in [7, 11) is 1.33. The maximum Gasteiger partial charge on any atom is 0.325 e. The number of methoxy groups -OCH3 is 1. The van der Waals surface area contributed by atoms with E-state index >= 15 is 0 Å². The fourth-order valence-electron chi connectivity index (χ4n) is 3.68. The monoisotopic (exact) mass is 527 g/mol. The summed E-state index contributed by atoms with van der Waals surface area (Å²) in [4.78, 5) is 43.6. The largest absolute Gasteiger partial charge is 0.468 e. The number of hydrogen-bond donors (Lipinski definition) is 0. The molecule has 1 aromatic carbocycles. The average Bonchev–Trinajstić information content (AvgIpc) is 3.08. The lowest BCUT2D eigenvalue weighted by Gasteiger charge is -2.35. The molecular formula is C21H26BrN3O4S2. The lowest BCUT2D eigenvalue weighted by Crippen LogP contribution is -2.44. The fraction of sp³-hybridized carbons (Fsp3) is 0.524. The van der Waals surface area contributed by atoms with E-state index in [0.29, 0.717) is 10.8 Å². The molecule has 0 aliphatic carbocycles. The van der Waals surface area contributed by atoms with Crippen LogP contribution in [0.2, 0.25) is 0 Å². The third-order valence-electron chi connectivity index (χ3n) is 5.25. The molecule has 1 fully saturated rings. The summed E-state index contributed by atoms with van der Waals surface area (Å²) in [5, 5.41) is 0. The van der Waals surface area contributed by atoms with Crippen LogP contribution >= 0.6 is 39.0 Å². The zero-order valence-corrected chi connectivity index (χ0v) is 20.9. The number of ether oxygens (including phenoxy) is 1. The molecule has 3 rings (SSSR count). The highest BCUT2D eigenvalue weighted by molar-refractivity contribution is 9.10. The molecule has 31 heavy (non-hydrogen) atoms. The average molecular weight is 528 g/mol. The van der Waals surface area contributed by atoms with Gasteiger partial charge in [-0.3, -0.25) is 14.4 Å². The van der Waals surface area contributed by atoms with Crippen molar-refractivity contribution < 1.29 is 19.1 Å². The standard InChI is InChI=1S/C21H26BrN3O4S2/c1-3-15-6-4-5-9-24(15)19(27)13-30-12-18(26)23-21-25(11-20(28)29-2)16-8-7-14(22)10-17(16)31-21/h7-8,10,15H,3-6,9,11-13H2,1-2H3. The third kappa shape index (κ3) is 6.20. The van der Waals surface area contributed by atoms with Crippen LogP contribution in [-0.4, -0.2) is 58.5 Å². The van der Waals surface area contributed by atoms with Gasteiger partial charge in [-0.25, -0.2) is 0 Å². The van der Waals surface area contributed by atoms with Gasteiger partial charge in [0.15, 0.2) is 4.80 Å². The third-order valence-corrected chi connectivity index (χ3v) is 7.69. The van der Waals surface area contributed by atoms with E-state index in [-0.39, 0.29) is 29.9 Å². The second-order valence-corrected chi connectivity index (χ2v) is 10.2. The number of piperidine rings is 1. The van der Waals surface area contributed by atoms with Crippen molar-refractivity contribution in [2.24, 2.45) is 4.99 Å². The number of carbonyl (C=O) groups excluding carboxylic acids is 3. The number of nitrogens with zero attached hydrogens (tertiary/aromatic N) is 3. The van der Waals surface area contributed by atoms with Crippen molar-refractivity contribution in [3.63, 3.8) is 0 Å². The summed E-state index contributed by atoms with van der Waals surface area (Å²) in [6.45, 7) is 2.89. The number of halogens is 1. The van der Waals surface area contributed by atoms with Crippen LogP contribution in [0.4, 0.5) is 0 Å². The molecule has 0 bridgehead atoms. The molecule has 1 aromatic heterocycles. The fourth-order valence-corrected chi connectivity index (χ4v) is 5.96. The second kappa shape index (κ2) is 11.3. The molecule has 7 nitrogen and oxygen atoms in total. The summed E-state index contributed by atoms with van der Waals surface area (Å²) in [5.74, 6) is -0.251. The predicted molar refractivity (Wildman–Crippen MR) is 127 cm³/mol. The lowest BCUT2D eigenvalue weighted by atomic mass is 10.0. The van der Waals surface area contributed by atoms with E-state index in [1.54, 1.807) is 4.57 Å². The molecule has 0 saturated carbocycles. The van der Waals surface area contributed by atoms with Crippen molar-refractivity contribution in [3.05, 3.63) is 27.5 Å². The van der Waals surface area contributed by atoms with Gasteiger partial charge in [0, 0.05) is 17.1 Å². The van der Waals surface area contributed by atoms with Crippen LogP contribution in [0.25, 0.3) is 10.2 Å². The number of likely N-dealkylation sites (tertiary alicyclic amines) is 1. The Labute approximate surface area is 198 Å². The topological polar surface area (TPSA) is 81.0 Å². The van der Waals surface area contributed by atoms with Crippen molar-refractivity contribution in [1.82, 2.24) is 9.47 Å². The van der Waals surface area contributed by atoms with Gasteiger partial charge in [-0.05, 0) is 43.9 Å². The summed E-state index contributed by atoms with van der Waals surface area (Å²) >= 11 is 6.07. The first-order chi connectivity index (χ1) is 14.9. The van der Waals surface area contributed by atoms with Gasteiger partial charge < -0.3 is 14.2 Å². The van der Waals surface area contributed by atoms with Gasteiger partial charge in [-0.1, -0.05) is 34.2 Å². The number of aromatic nitrogens is 1. The van der Waals surface area contributed by atoms with Crippen LogP contribution in [0.1, 0.15) is 32.6 Å². The zero-order valence-electron chi connectivity index (χ0n) is 17.6. The summed E-state index contributed by atoms with van der Waals surface area (Å²) in [6.07, 6.45) is 4.24. The number of carbonyl (C=O) groups is 3. The van der Waals surface area contributed by atoms with Gasteiger partial charge >= 0.3 is 5.97 Å².